The lowest BCUT2D eigenvalue weighted by Crippen LogP contribution is -2.22. The van der Waals surface area contributed by atoms with Crippen LogP contribution in [0.4, 0.5) is 0 Å². The van der Waals surface area contributed by atoms with E-state index in [-0.39, 0.29) is 12.8 Å². The highest BCUT2D eigenvalue weighted by Gasteiger charge is 2.15. The average Bonchev–Trinajstić information content (AvgIpc) is 1.98. The quantitative estimate of drug-likeness (QED) is 0.538. The number of esters is 1. The normalized spacial score (nSPS) is 12.2. The van der Waals surface area contributed by atoms with Crippen LogP contribution in [0.2, 0.25) is 0 Å². The molecule has 0 unspecified atom stereocenters. The number of aliphatic hydroxyl groups is 1. The topological polar surface area (TPSA) is 83.8 Å². The van der Waals surface area contributed by atoms with E-state index in [4.69, 9.17) is 10.2 Å². The molecule has 2 N–H and O–H groups in total. The number of carbonyl (C=O) groups excluding carboxylic acids is 1. The largest absolute Gasteiger partial charge is 0.481 e. The molecule has 0 aromatic heterocycles. The summed E-state index contributed by atoms with van der Waals surface area (Å²) in [6, 6.07) is 0. The number of hydrogen-bond acceptors (Lipinski definition) is 4. The number of ether oxygens (including phenoxy) is 1. The van der Waals surface area contributed by atoms with Crippen molar-refractivity contribution in [1.29, 1.82) is 0 Å². The molecule has 0 aliphatic carbocycles. The van der Waals surface area contributed by atoms with Gasteiger partial charge in [-0.3, -0.25) is 4.79 Å². The Bertz CT molecular complexity index is 153. The Morgan fingerprint density at radius 1 is 1.55 bits per heavy atom. The van der Waals surface area contributed by atoms with Gasteiger partial charge in [-0.05, 0) is 6.42 Å². The van der Waals surface area contributed by atoms with Crippen molar-refractivity contribution in [2.45, 2.75) is 18.9 Å². The molecule has 1 atom stereocenters. The van der Waals surface area contributed by atoms with Crippen LogP contribution >= 0.6 is 0 Å². The number of hydrogen-bond donors (Lipinski definition) is 2. The first-order valence-electron chi connectivity index (χ1n) is 3.05. The second kappa shape index (κ2) is 4.68. The van der Waals surface area contributed by atoms with Crippen LogP contribution in [-0.4, -0.2) is 35.4 Å². The summed E-state index contributed by atoms with van der Waals surface area (Å²) in [5.74, 6) is -1.85. The Labute approximate surface area is 63.6 Å². The third-order valence-electron chi connectivity index (χ3n) is 1.10. The van der Waals surface area contributed by atoms with Crippen molar-refractivity contribution < 1.29 is 24.5 Å². The Morgan fingerprint density at radius 3 is 2.45 bits per heavy atom. The molecule has 0 aromatic carbocycles. The van der Waals surface area contributed by atoms with Gasteiger partial charge in [0.05, 0.1) is 7.11 Å². The van der Waals surface area contributed by atoms with E-state index >= 15 is 0 Å². The van der Waals surface area contributed by atoms with Gasteiger partial charge in [0, 0.05) is 6.42 Å². The average molecular weight is 162 g/mol. The van der Waals surface area contributed by atoms with E-state index < -0.39 is 18.0 Å². The van der Waals surface area contributed by atoms with E-state index in [1.54, 1.807) is 0 Å². The molecule has 5 heteroatoms. The van der Waals surface area contributed by atoms with Crippen LogP contribution in [-0.2, 0) is 14.3 Å². The van der Waals surface area contributed by atoms with Gasteiger partial charge in [-0.15, -0.1) is 0 Å². The molecule has 0 amide bonds. The standard InChI is InChI=1S/C6H10O5/c1-11-6(10)4(7)2-3-5(8)9/h4,7H,2-3H2,1H3,(H,8,9)/t4-/m1/s1. The second-order valence-electron chi connectivity index (χ2n) is 1.97. The fourth-order valence-corrected chi connectivity index (χ4v) is 0.514. The molecular weight excluding hydrogens is 152 g/mol. The first-order chi connectivity index (χ1) is 5.07. The molecule has 0 bridgehead atoms. The lowest BCUT2D eigenvalue weighted by molar-refractivity contribution is -0.151. The summed E-state index contributed by atoms with van der Waals surface area (Å²) in [4.78, 5) is 20.4. The Morgan fingerprint density at radius 2 is 2.09 bits per heavy atom. The fourth-order valence-electron chi connectivity index (χ4n) is 0.514. The summed E-state index contributed by atoms with van der Waals surface area (Å²) in [7, 11) is 1.13. The van der Waals surface area contributed by atoms with Gasteiger partial charge in [0.25, 0.3) is 0 Å². The van der Waals surface area contributed by atoms with E-state index in [0.717, 1.165) is 7.11 Å². The Hall–Kier alpha value is -1.10. The van der Waals surface area contributed by atoms with Crippen molar-refractivity contribution in [1.82, 2.24) is 0 Å². The SMILES string of the molecule is COC(=O)[C@H](O)CCC(=O)O. The van der Waals surface area contributed by atoms with Gasteiger partial charge >= 0.3 is 11.9 Å². The molecule has 0 saturated heterocycles. The third kappa shape index (κ3) is 4.32. The van der Waals surface area contributed by atoms with Gasteiger partial charge in [-0.25, -0.2) is 4.79 Å². The highest BCUT2D eigenvalue weighted by Crippen LogP contribution is 1.98. The monoisotopic (exact) mass is 162 g/mol. The lowest BCUT2D eigenvalue weighted by Gasteiger charge is -2.04. The number of carboxylic acid groups (broad SMARTS) is 1. The number of rotatable bonds is 4. The molecule has 0 aliphatic heterocycles. The molecule has 0 aromatic rings. The first kappa shape index (κ1) is 9.90. The maximum absolute atomic E-state index is 10.5. The molecule has 64 valence electrons. The molecule has 0 spiro atoms. The smallest absolute Gasteiger partial charge is 0.334 e. The molecule has 0 rings (SSSR count). The molecular formula is C6H10O5. The molecule has 5 nitrogen and oxygen atoms in total. The highest BCUT2D eigenvalue weighted by molar-refractivity contribution is 5.75. The summed E-state index contributed by atoms with van der Waals surface area (Å²) >= 11 is 0. The summed E-state index contributed by atoms with van der Waals surface area (Å²) in [5.41, 5.74) is 0. The van der Waals surface area contributed by atoms with Crippen LogP contribution in [0.5, 0.6) is 0 Å². The predicted molar refractivity (Wildman–Crippen MR) is 34.9 cm³/mol. The van der Waals surface area contributed by atoms with Gasteiger partial charge in [0.2, 0.25) is 0 Å². The van der Waals surface area contributed by atoms with E-state index in [1.807, 2.05) is 0 Å². The minimum Gasteiger partial charge on any atom is -0.481 e. The number of aliphatic hydroxyl groups excluding tert-OH is 1. The van der Waals surface area contributed by atoms with Crippen LogP contribution in [0, 0.1) is 0 Å². The van der Waals surface area contributed by atoms with Crippen LogP contribution in [0.3, 0.4) is 0 Å². The minimum atomic E-state index is -1.32. The summed E-state index contributed by atoms with van der Waals surface area (Å²) in [5, 5.41) is 17.0. The summed E-state index contributed by atoms with van der Waals surface area (Å²) in [6.45, 7) is 0. The van der Waals surface area contributed by atoms with Crippen LogP contribution in [0.1, 0.15) is 12.8 Å². The molecule has 0 aliphatic rings. The molecule has 11 heavy (non-hydrogen) atoms. The van der Waals surface area contributed by atoms with Crippen LogP contribution < -0.4 is 0 Å². The summed E-state index contributed by atoms with van der Waals surface area (Å²) < 4.78 is 4.16. The Kier molecular flexibility index (Phi) is 4.21. The van der Waals surface area contributed by atoms with Crippen LogP contribution in [0.15, 0.2) is 0 Å². The van der Waals surface area contributed by atoms with Crippen molar-refractivity contribution in [2.75, 3.05) is 7.11 Å². The van der Waals surface area contributed by atoms with Crippen molar-refractivity contribution in [3.63, 3.8) is 0 Å². The number of methoxy groups -OCH3 is 1. The highest BCUT2D eigenvalue weighted by atomic mass is 16.5. The predicted octanol–water partition coefficient (Wildman–Crippen LogP) is -0.615. The molecule has 0 radical (unpaired) electrons. The molecule has 0 saturated carbocycles. The van der Waals surface area contributed by atoms with Gasteiger partial charge in [-0.2, -0.15) is 0 Å². The van der Waals surface area contributed by atoms with Gasteiger partial charge in [0.15, 0.2) is 6.10 Å². The zero-order chi connectivity index (χ0) is 8.85. The van der Waals surface area contributed by atoms with Crippen molar-refractivity contribution >= 4 is 11.9 Å². The van der Waals surface area contributed by atoms with Crippen molar-refractivity contribution in [3.05, 3.63) is 0 Å². The minimum absolute atomic E-state index is 0.109. The number of aliphatic carboxylic acids is 1. The zero-order valence-corrected chi connectivity index (χ0v) is 6.11. The zero-order valence-electron chi connectivity index (χ0n) is 6.11. The second-order valence-corrected chi connectivity index (χ2v) is 1.97. The van der Waals surface area contributed by atoms with Gasteiger partial charge < -0.3 is 14.9 Å². The van der Waals surface area contributed by atoms with Crippen LogP contribution in [0.25, 0.3) is 0 Å². The maximum Gasteiger partial charge on any atom is 0.334 e. The lowest BCUT2D eigenvalue weighted by atomic mass is 10.2. The third-order valence-corrected chi connectivity index (χ3v) is 1.10. The van der Waals surface area contributed by atoms with Crippen molar-refractivity contribution in [2.24, 2.45) is 0 Å². The van der Waals surface area contributed by atoms with E-state index in [0.29, 0.717) is 0 Å². The van der Waals surface area contributed by atoms with E-state index in [1.165, 1.54) is 0 Å². The van der Waals surface area contributed by atoms with Gasteiger partial charge in [-0.1, -0.05) is 0 Å². The number of carbonyl (C=O) groups is 2. The van der Waals surface area contributed by atoms with E-state index in [9.17, 15) is 9.59 Å². The van der Waals surface area contributed by atoms with Gasteiger partial charge in [0.1, 0.15) is 0 Å². The number of carboxylic acids is 1. The maximum atomic E-state index is 10.5. The summed E-state index contributed by atoms with van der Waals surface area (Å²) in [6.07, 6.45) is -1.67. The Balaban J connectivity index is 3.60. The van der Waals surface area contributed by atoms with E-state index in [2.05, 4.69) is 4.74 Å². The molecule has 0 heterocycles. The van der Waals surface area contributed by atoms with Crippen molar-refractivity contribution in [3.8, 4) is 0 Å². The first-order valence-corrected chi connectivity index (χ1v) is 3.05. The molecule has 0 fully saturated rings. The fraction of sp³-hybridized carbons (Fsp3) is 0.667.